The molecule has 1 aromatic rings. The van der Waals surface area contributed by atoms with Crippen LogP contribution < -0.4 is 4.90 Å². The summed E-state index contributed by atoms with van der Waals surface area (Å²) in [5.41, 5.74) is 3.53. The lowest BCUT2D eigenvalue weighted by Gasteiger charge is -2.26. The third-order valence-electron chi connectivity index (χ3n) is 5.25. The van der Waals surface area contributed by atoms with Gasteiger partial charge < -0.3 is 19.6 Å². The highest BCUT2D eigenvalue weighted by Crippen LogP contribution is 2.22. The normalized spacial score (nSPS) is 14.3. The Morgan fingerprint density at radius 3 is 2.13 bits per heavy atom. The summed E-state index contributed by atoms with van der Waals surface area (Å²) in [4.78, 5) is 20.0. The molecule has 158 valence electrons. The van der Waals surface area contributed by atoms with Gasteiger partial charge in [-0.3, -0.25) is 4.79 Å². The first-order valence-corrected chi connectivity index (χ1v) is 10.00. The Balaban J connectivity index is 2.21. The van der Waals surface area contributed by atoms with E-state index in [1.54, 1.807) is 19.0 Å². The van der Waals surface area contributed by atoms with Gasteiger partial charge in [-0.15, -0.1) is 0 Å². The zero-order chi connectivity index (χ0) is 22.3. The largest absolute Gasteiger partial charge is 0.381 e. The van der Waals surface area contributed by atoms with E-state index in [1.807, 2.05) is 68.4 Å². The lowest BCUT2D eigenvalue weighted by molar-refractivity contribution is 0.0827. The number of rotatable bonds is 5. The number of amides is 1. The van der Waals surface area contributed by atoms with E-state index >= 15 is 0 Å². The summed E-state index contributed by atoms with van der Waals surface area (Å²) in [6, 6.07) is 11.8. The molecule has 1 heterocycles. The Labute approximate surface area is 179 Å². The molecule has 0 aliphatic carbocycles. The van der Waals surface area contributed by atoms with Crippen molar-refractivity contribution in [1.82, 2.24) is 14.7 Å². The van der Waals surface area contributed by atoms with E-state index in [4.69, 9.17) is 0 Å². The van der Waals surface area contributed by atoms with Crippen LogP contribution in [-0.4, -0.2) is 75.0 Å². The average molecular weight is 407 g/mol. The summed E-state index contributed by atoms with van der Waals surface area (Å²) >= 11 is 0. The second-order valence-electron chi connectivity index (χ2n) is 7.74. The number of nitrogens with zero attached hydrogens (tertiary/aromatic N) is 6. The Morgan fingerprint density at radius 1 is 0.967 bits per heavy atom. The molecule has 0 N–H and O–H groups in total. The van der Waals surface area contributed by atoms with Crippen LogP contribution in [0, 0.1) is 22.7 Å². The Bertz CT molecular complexity index is 883. The maximum atomic E-state index is 12.1. The summed E-state index contributed by atoms with van der Waals surface area (Å²) < 4.78 is 0. The van der Waals surface area contributed by atoms with Crippen molar-refractivity contribution < 1.29 is 4.79 Å². The minimum absolute atomic E-state index is 0.0121. The van der Waals surface area contributed by atoms with Crippen LogP contribution in [0.5, 0.6) is 0 Å². The SMILES string of the molecule is C/C(=C\C(=C(C#N)C#N)N1CCCN(c2ccc(C(=O)N(C)C)cc2)CC1)N(C)C. The van der Waals surface area contributed by atoms with Crippen molar-refractivity contribution >= 4 is 11.6 Å². The Morgan fingerprint density at radius 2 is 1.60 bits per heavy atom. The molecule has 0 radical (unpaired) electrons. The fraction of sp³-hybridized carbons (Fsp3) is 0.435. The average Bonchev–Trinajstić information content (AvgIpc) is 2.99. The molecule has 7 nitrogen and oxygen atoms in total. The van der Waals surface area contributed by atoms with E-state index in [0.717, 1.165) is 37.4 Å². The van der Waals surface area contributed by atoms with Gasteiger partial charge in [-0.1, -0.05) is 0 Å². The van der Waals surface area contributed by atoms with Gasteiger partial charge in [0.2, 0.25) is 0 Å². The molecular formula is C23H30N6O. The molecule has 1 fully saturated rings. The predicted molar refractivity (Wildman–Crippen MR) is 119 cm³/mol. The second-order valence-corrected chi connectivity index (χ2v) is 7.74. The van der Waals surface area contributed by atoms with Crippen molar-refractivity contribution in [2.75, 3.05) is 59.3 Å². The van der Waals surface area contributed by atoms with Crippen LogP contribution in [-0.2, 0) is 0 Å². The molecule has 2 rings (SSSR count). The number of hydrogen-bond donors (Lipinski definition) is 0. The van der Waals surface area contributed by atoms with Gasteiger partial charge in [0.25, 0.3) is 5.91 Å². The quantitative estimate of drug-likeness (QED) is 0.553. The fourth-order valence-electron chi connectivity index (χ4n) is 3.28. The molecule has 0 spiro atoms. The molecule has 1 aromatic carbocycles. The predicted octanol–water partition coefficient (Wildman–Crippen LogP) is 2.67. The van der Waals surface area contributed by atoms with Crippen LogP contribution in [0.3, 0.4) is 0 Å². The third kappa shape index (κ3) is 5.55. The van der Waals surface area contributed by atoms with Crippen molar-refractivity contribution in [2.45, 2.75) is 13.3 Å². The van der Waals surface area contributed by atoms with Gasteiger partial charge in [0.05, 0.1) is 5.70 Å². The monoisotopic (exact) mass is 406 g/mol. The summed E-state index contributed by atoms with van der Waals surface area (Å²) in [5, 5.41) is 18.9. The number of anilines is 1. The number of hydrogen-bond acceptors (Lipinski definition) is 6. The van der Waals surface area contributed by atoms with Gasteiger partial charge in [-0.2, -0.15) is 10.5 Å². The molecule has 30 heavy (non-hydrogen) atoms. The van der Waals surface area contributed by atoms with Crippen LogP contribution in [0.15, 0.2) is 47.3 Å². The van der Waals surface area contributed by atoms with Crippen molar-refractivity contribution in [3.05, 3.63) is 52.9 Å². The van der Waals surface area contributed by atoms with Gasteiger partial charge in [-0.05, 0) is 43.7 Å². The van der Waals surface area contributed by atoms with Gasteiger partial charge in [0.1, 0.15) is 12.1 Å². The van der Waals surface area contributed by atoms with E-state index in [1.165, 1.54) is 0 Å². The van der Waals surface area contributed by atoms with Crippen LogP contribution in [0.4, 0.5) is 5.69 Å². The number of allylic oxidation sites excluding steroid dienone is 3. The van der Waals surface area contributed by atoms with E-state index in [0.29, 0.717) is 17.8 Å². The standard InChI is InChI=1S/C23H30N6O/c1-18(26(2)3)15-22(20(16-24)17-25)29-12-6-11-28(13-14-29)21-9-7-19(8-10-21)23(30)27(4)5/h7-10,15H,6,11-14H2,1-5H3/b18-15+. The lowest BCUT2D eigenvalue weighted by atomic mass is 10.1. The zero-order valence-corrected chi connectivity index (χ0v) is 18.5. The first-order chi connectivity index (χ1) is 14.3. The molecule has 0 aromatic heterocycles. The summed E-state index contributed by atoms with van der Waals surface area (Å²) in [5.74, 6) is -0.0121. The lowest BCUT2D eigenvalue weighted by Crippen LogP contribution is -2.31. The molecule has 7 heteroatoms. The maximum absolute atomic E-state index is 12.1. The first-order valence-electron chi connectivity index (χ1n) is 10.00. The second kappa shape index (κ2) is 10.4. The first kappa shape index (κ1) is 22.8. The molecule has 0 bridgehead atoms. The third-order valence-corrected chi connectivity index (χ3v) is 5.25. The van der Waals surface area contributed by atoms with Crippen LogP contribution in [0.1, 0.15) is 23.7 Å². The van der Waals surface area contributed by atoms with Crippen molar-refractivity contribution in [3.8, 4) is 12.1 Å². The maximum Gasteiger partial charge on any atom is 0.253 e. The topological polar surface area (TPSA) is 77.6 Å². The van der Waals surface area contributed by atoms with E-state index in [2.05, 4.69) is 9.80 Å². The van der Waals surface area contributed by atoms with E-state index in [9.17, 15) is 15.3 Å². The van der Waals surface area contributed by atoms with Crippen LogP contribution in [0.2, 0.25) is 0 Å². The molecule has 1 aliphatic rings. The Kier molecular flexibility index (Phi) is 7.89. The highest BCUT2D eigenvalue weighted by molar-refractivity contribution is 5.94. The van der Waals surface area contributed by atoms with Crippen molar-refractivity contribution in [1.29, 1.82) is 10.5 Å². The molecular weight excluding hydrogens is 376 g/mol. The smallest absolute Gasteiger partial charge is 0.253 e. The van der Waals surface area contributed by atoms with Gasteiger partial charge in [0, 0.05) is 71.3 Å². The van der Waals surface area contributed by atoms with E-state index in [-0.39, 0.29) is 11.5 Å². The molecule has 1 amide bonds. The number of carbonyl (C=O) groups is 1. The van der Waals surface area contributed by atoms with Gasteiger partial charge in [-0.25, -0.2) is 0 Å². The van der Waals surface area contributed by atoms with Crippen molar-refractivity contribution in [3.63, 3.8) is 0 Å². The zero-order valence-electron chi connectivity index (χ0n) is 18.5. The van der Waals surface area contributed by atoms with E-state index < -0.39 is 0 Å². The number of nitriles is 2. The summed E-state index contributed by atoms with van der Waals surface area (Å²) in [6.45, 7) is 5.08. The van der Waals surface area contributed by atoms with Gasteiger partial charge in [0.15, 0.2) is 5.57 Å². The molecule has 0 saturated carbocycles. The minimum atomic E-state index is -0.0121. The summed E-state index contributed by atoms with van der Waals surface area (Å²) in [7, 11) is 7.37. The van der Waals surface area contributed by atoms with Gasteiger partial charge >= 0.3 is 0 Å². The fourth-order valence-corrected chi connectivity index (χ4v) is 3.28. The minimum Gasteiger partial charge on any atom is -0.381 e. The van der Waals surface area contributed by atoms with Crippen LogP contribution >= 0.6 is 0 Å². The number of carbonyl (C=O) groups excluding carboxylic acids is 1. The molecule has 1 saturated heterocycles. The summed E-state index contributed by atoms with van der Waals surface area (Å²) in [6.07, 6.45) is 2.82. The van der Waals surface area contributed by atoms with Crippen molar-refractivity contribution in [2.24, 2.45) is 0 Å². The molecule has 0 unspecified atom stereocenters. The molecule has 1 aliphatic heterocycles. The Hall–Kier alpha value is -3.45. The highest BCUT2D eigenvalue weighted by atomic mass is 16.2. The number of benzene rings is 1. The highest BCUT2D eigenvalue weighted by Gasteiger charge is 2.20. The molecule has 0 atom stereocenters. The van der Waals surface area contributed by atoms with Crippen LogP contribution in [0.25, 0.3) is 0 Å².